The van der Waals surface area contributed by atoms with Crippen LogP contribution in [0.4, 0.5) is 0 Å². The van der Waals surface area contributed by atoms with Gasteiger partial charge in [-0.1, -0.05) is 0 Å². The number of nitrogens with two attached hydrogens (primary N) is 7. The van der Waals surface area contributed by atoms with Crippen LogP contribution in [-0.2, 0) is 0 Å². The first kappa shape index (κ1) is 15.7. The Morgan fingerprint density at radius 1 is 0.812 bits per heavy atom. The summed E-state index contributed by atoms with van der Waals surface area (Å²) in [6, 6.07) is 0. The Morgan fingerprint density at radius 3 is 1.69 bits per heavy atom. The van der Waals surface area contributed by atoms with Crippen LogP contribution in [-0.4, -0.2) is 24.5 Å². The molecule has 0 aliphatic heterocycles. The van der Waals surface area contributed by atoms with Gasteiger partial charge in [0, 0.05) is 5.92 Å². The van der Waals surface area contributed by atoms with Gasteiger partial charge in [-0.25, -0.2) is 0 Å². The quantitative estimate of drug-likeness (QED) is 0.221. The molecule has 16 heavy (non-hydrogen) atoms. The molecule has 0 aromatic heterocycles. The van der Waals surface area contributed by atoms with E-state index in [1.165, 1.54) is 0 Å². The first-order valence-corrected chi connectivity index (χ1v) is 5.59. The second-order valence-corrected chi connectivity index (χ2v) is 4.49. The van der Waals surface area contributed by atoms with Crippen LogP contribution in [0.3, 0.4) is 0 Å². The molecule has 0 spiro atoms. The molecule has 7 heteroatoms. The van der Waals surface area contributed by atoms with E-state index in [-0.39, 0.29) is 12.1 Å². The third-order valence-electron chi connectivity index (χ3n) is 2.80. The standard InChI is InChI=1S/C9H27N7/c10-5-6(1-2-7(11)12)9(15,16)4-3-8(13)14/h6-8H,1-5,10-16H2. The predicted octanol–water partition coefficient (Wildman–Crippen LogP) is -2.78. The molecule has 14 N–H and O–H groups in total. The van der Waals surface area contributed by atoms with Crippen molar-refractivity contribution in [2.24, 2.45) is 46.1 Å². The lowest BCUT2D eigenvalue weighted by Gasteiger charge is -2.34. The van der Waals surface area contributed by atoms with Crippen molar-refractivity contribution in [1.82, 2.24) is 0 Å². The van der Waals surface area contributed by atoms with E-state index in [9.17, 15) is 0 Å². The molecule has 1 unspecified atom stereocenters. The molecule has 98 valence electrons. The summed E-state index contributed by atoms with van der Waals surface area (Å²) >= 11 is 0. The molecule has 1 atom stereocenters. The fourth-order valence-electron chi connectivity index (χ4n) is 1.62. The summed E-state index contributed by atoms with van der Waals surface area (Å²) in [6.07, 6.45) is 1.70. The van der Waals surface area contributed by atoms with Crippen molar-refractivity contribution in [3.63, 3.8) is 0 Å². The van der Waals surface area contributed by atoms with Gasteiger partial charge in [0.25, 0.3) is 0 Å². The molecule has 0 aromatic rings. The van der Waals surface area contributed by atoms with Gasteiger partial charge < -0.3 is 40.1 Å². The molecule has 0 radical (unpaired) electrons. The summed E-state index contributed by atoms with van der Waals surface area (Å²) in [5.41, 5.74) is 38.7. The fraction of sp³-hybridized carbons (Fsp3) is 1.00. The third-order valence-corrected chi connectivity index (χ3v) is 2.80. The smallest absolute Gasteiger partial charge is 0.0678 e. The highest BCUT2D eigenvalue weighted by Crippen LogP contribution is 2.19. The molecule has 0 fully saturated rings. The highest BCUT2D eigenvalue weighted by atomic mass is 15.0. The van der Waals surface area contributed by atoms with Gasteiger partial charge >= 0.3 is 0 Å². The minimum Gasteiger partial charge on any atom is -0.330 e. The molecule has 0 aliphatic carbocycles. The van der Waals surface area contributed by atoms with E-state index in [2.05, 4.69) is 0 Å². The molecular formula is C9H27N7. The number of hydrogen-bond acceptors (Lipinski definition) is 7. The second-order valence-electron chi connectivity index (χ2n) is 4.49. The summed E-state index contributed by atoms with van der Waals surface area (Å²) in [7, 11) is 0. The average Bonchev–Trinajstić information content (AvgIpc) is 2.15. The van der Waals surface area contributed by atoms with Gasteiger partial charge in [0.05, 0.1) is 18.0 Å². The van der Waals surface area contributed by atoms with Crippen molar-refractivity contribution in [1.29, 1.82) is 0 Å². The molecule has 0 heterocycles. The highest BCUT2D eigenvalue weighted by Gasteiger charge is 2.29. The zero-order valence-electron chi connectivity index (χ0n) is 9.81. The topological polar surface area (TPSA) is 182 Å². The average molecular weight is 233 g/mol. The minimum absolute atomic E-state index is 0.0270. The first-order chi connectivity index (χ1) is 7.29. The molecule has 7 nitrogen and oxygen atoms in total. The lowest BCUT2D eigenvalue weighted by Crippen LogP contribution is -2.58. The first-order valence-electron chi connectivity index (χ1n) is 5.59. The summed E-state index contributed by atoms with van der Waals surface area (Å²) in [5.74, 6) is -0.0270. The molecule has 0 amide bonds. The zero-order chi connectivity index (χ0) is 12.8. The van der Waals surface area contributed by atoms with Crippen molar-refractivity contribution in [2.75, 3.05) is 6.54 Å². The van der Waals surface area contributed by atoms with E-state index in [1.54, 1.807) is 0 Å². The summed E-state index contributed by atoms with van der Waals surface area (Å²) < 4.78 is 0. The maximum Gasteiger partial charge on any atom is 0.0678 e. The van der Waals surface area contributed by atoms with Crippen LogP contribution in [0.5, 0.6) is 0 Å². The van der Waals surface area contributed by atoms with E-state index in [4.69, 9.17) is 40.1 Å². The highest BCUT2D eigenvalue weighted by molar-refractivity contribution is 4.87. The summed E-state index contributed by atoms with van der Waals surface area (Å²) in [5, 5.41) is 0. The molecule has 0 saturated heterocycles. The van der Waals surface area contributed by atoms with Gasteiger partial charge in [-0.15, -0.1) is 0 Å². The summed E-state index contributed by atoms with van der Waals surface area (Å²) in [6.45, 7) is 0.402. The fourth-order valence-corrected chi connectivity index (χ4v) is 1.62. The number of hydrogen-bond donors (Lipinski definition) is 7. The Bertz CT molecular complexity index is 181. The van der Waals surface area contributed by atoms with Crippen LogP contribution in [0.2, 0.25) is 0 Å². The molecule has 0 aliphatic rings. The Hall–Kier alpha value is -0.280. The van der Waals surface area contributed by atoms with Crippen LogP contribution in [0.1, 0.15) is 25.7 Å². The van der Waals surface area contributed by atoms with Crippen LogP contribution in [0, 0.1) is 5.92 Å². The van der Waals surface area contributed by atoms with E-state index < -0.39 is 11.8 Å². The van der Waals surface area contributed by atoms with Crippen LogP contribution in [0.15, 0.2) is 0 Å². The van der Waals surface area contributed by atoms with Gasteiger partial charge in [0.2, 0.25) is 0 Å². The van der Waals surface area contributed by atoms with Gasteiger partial charge in [0.15, 0.2) is 0 Å². The van der Waals surface area contributed by atoms with Crippen molar-refractivity contribution < 1.29 is 0 Å². The minimum atomic E-state index is -0.860. The maximum atomic E-state index is 6.01. The molecule has 0 rings (SSSR count). The Morgan fingerprint density at radius 2 is 1.31 bits per heavy atom. The van der Waals surface area contributed by atoms with Crippen LogP contribution < -0.4 is 40.1 Å². The predicted molar refractivity (Wildman–Crippen MR) is 66.4 cm³/mol. The SMILES string of the molecule is NCC(CCC(N)N)C(N)(N)CCC(N)N. The molecular weight excluding hydrogens is 206 g/mol. The molecule has 0 saturated carbocycles. The van der Waals surface area contributed by atoms with Gasteiger partial charge in [0.1, 0.15) is 0 Å². The number of rotatable bonds is 8. The van der Waals surface area contributed by atoms with Gasteiger partial charge in [-0.2, -0.15) is 0 Å². The van der Waals surface area contributed by atoms with E-state index in [1.807, 2.05) is 0 Å². The van der Waals surface area contributed by atoms with Crippen molar-refractivity contribution in [2.45, 2.75) is 43.7 Å². The van der Waals surface area contributed by atoms with Crippen LogP contribution in [0.25, 0.3) is 0 Å². The zero-order valence-corrected chi connectivity index (χ0v) is 9.81. The van der Waals surface area contributed by atoms with Crippen molar-refractivity contribution >= 4 is 0 Å². The van der Waals surface area contributed by atoms with E-state index in [0.29, 0.717) is 32.2 Å². The van der Waals surface area contributed by atoms with E-state index >= 15 is 0 Å². The lowest BCUT2D eigenvalue weighted by atomic mass is 9.85. The lowest BCUT2D eigenvalue weighted by molar-refractivity contribution is 0.233. The Balaban J connectivity index is 4.18. The van der Waals surface area contributed by atoms with Gasteiger partial charge in [-0.05, 0) is 32.2 Å². The normalized spacial score (nSPS) is 14.8. The Labute approximate surface area is 97.0 Å². The largest absolute Gasteiger partial charge is 0.330 e. The molecule has 0 aromatic carbocycles. The monoisotopic (exact) mass is 233 g/mol. The summed E-state index contributed by atoms with van der Waals surface area (Å²) in [4.78, 5) is 0. The Kier molecular flexibility index (Phi) is 7.00. The molecule has 0 bridgehead atoms. The van der Waals surface area contributed by atoms with E-state index in [0.717, 1.165) is 0 Å². The maximum absolute atomic E-state index is 6.01. The van der Waals surface area contributed by atoms with Crippen LogP contribution >= 0.6 is 0 Å². The second kappa shape index (κ2) is 7.13. The van der Waals surface area contributed by atoms with Crippen molar-refractivity contribution in [3.05, 3.63) is 0 Å². The van der Waals surface area contributed by atoms with Gasteiger partial charge in [-0.3, -0.25) is 0 Å². The third kappa shape index (κ3) is 6.33. The van der Waals surface area contributed by atoms with Crippen molar-refractivity contribution in [3.8, 4) is 0 Å².